The van der Waals surface area contributed by atoms with Crippen LogP contribution >= 0.6 is 0 Å². The van der Waals surface area contributed by atoms with Gasteiger partial charge in [0.15, 0.2) is 0 Å². The summed E-state index contributed by atoms with van der Waals surface area (Å²) in [5.74, 6) is -0.482. The molecule has 0 atom stereocenters. The van der Waals surface area contributed by atoms with Crippen LogP contribution in [0.15, 0.2) is 59.6 Å². The number of piperidine rings is 1. The first-order valence-corrected chi connectivity index (χ1v) is 8.58. The van der Waals surface area contributed by atoms with E-state index in [1.165, 1.54) is 18.0 Å². The van der Waals surface area contributed by atoms with Crippen LogP contribution in [0, 0.1) is 5.82 Å². The fourth-order valence-corrected chi connectivity index (χ4v) is 3.76. The number of rotatable bonds is 3. The fraction of sp³-hybridized carbons (Fsp3) is 0.300. The van der Waals surface area contributed by atoms with E-state index in [2.05, 4.69) is 22.0 Å². The van der Waals surface area contributed by atoms with Crippen LogP contribution in [0.4, 0.5) is 10.1 Å². The Morgan fingerprint density at radius 1 is 1.00 bits per heavy atom. The van der Waals surface area contributed by atoms with Crippen molar-refractivity contribution in [3.8, 4) is 0 Å². The first-order chi connectivity index (χ1) is 12.2. The van der Waals surface area contributed by atoms with Gasteiger partial charge in [0.1, 0.15) is 17.7 Å². The van der Waals surface area contributed by atoms with Crippen LogP contribution in [-0.2, 0) is 11.3 Å². The van der Waals surface area contributed by atoms with Crippen molar-refractivity contribution in [1.29, 1.82) is 0 Å². The quantitative estimate of drug-likeness (QED) is 0.863. The van der Waals surface area contributed by atoms with Crippen LogP contribution in [-0.4, -0.2) is 35.8 Å². The molecule has 128 valence electrons. The number of halogens is 1. The molecule has 2 aliphatic rings. The maximum atomic E-state index is 14.2. The number of anilines is 1. The third-order valence-corrected chi connectivity index (χ3v) is 5.19. The highest BCUT2D eigenvalue weighted by Crippen LogP contribution is 2.37. The van der Waals surface area contributed by atoms with Gasteiger partial charge in [0.25, 0.3) is 5.91 Å². The van der Waals surface area contributed by atoms with E-state index in [0.717, 1.165) is 19.6 Å². The Hall–Kier alpha value is -2.53. The molecule has 25 heavy (non-hydrogen) atoms. The Balaban J connectivity index is 1.52. The standard InChI is InChI=1S/C20H20FN3O/c21-17-8-4-5-9-18(17)24-15-22-19(25)20(24)10-12-23(13-11-20)14-16-6-2-1-3-7-16/h1-9,15H,10-14H2. The molecule has 1 spiro atoms. The van der Waals surface area contributed by atoms with Gasteiger partial charge < -0.3 is 4.90 Å². The normalized spacial score (nSPS) is 19.7. The first-order valence-electron chi connectivity index (χ1n) is 8.58. The van der Waals surface area contributed by atoms with E-state index in [9.17, 15) is 9.18 Å². The maximum Gasteiger partial charge on any atom is 0.273 e. The molecule has 0 unspecified atom stereocenters. The van der Waals surface area contributed by atoms with Crippen LogP contribution in [0.5, 0.6) is 0 Å². The number of aliphatic imine (C=N–C) groups is 1. The summed E-state index contributed by atoms with van der Waals surface area (Å²) in [6.07, 6.45) is 2.79. The summed E-state index contributed by atoms with van der Waals surface area (Å²) in [7, 11) is 0. The number of nitrogens with zero attached hydrogens (tertiary/aromatic N) is 3. The Morgan fingerprint density at radius 3 is 2.40 bits per heavy atom. The highest BCUT2D eigenvalue weighted by Gasteiger charge is 2.49. The van der Waals surface area contributed by atoms with Crippen molar-refractivity contribution >= 4 is 17.9 Å². The van der Waals surface area contributed by atoms with Crippen molar-refractivity contribution in [2.45, 2.75) is 24.9 Å². The Kier molecular flexibility index (Phi) is 4.09. The van der Waals surface area contributed by atoms with Gasteiger partial charge in [-0.1, -0.05) is 42.5 Å². The molecular weight excluding hydrogens is 317 g/mol. The number of hydrogen-bond donors (Lipinski definition) is 0. The number of para-hydroxylation sites is 1. The van der Waals surface area contributed by atoms with Gasteiger partial charge in [-0.05, 0) is 30.5 Å². The lowest BCUT2D eigenvalue weighted by Crippen LogP contribution is -2.56. The minimum atomic E-state index is -0.741. The predicted octanol–water partition coefficient (Wildman–Crippen LogP) is 3.24. The lowest BCUT2D eigenvalue weighted by molar-refractivity contribution is -0.123. The molecule has 0 radical (unpaired) electrons. The summed E-state index contributed by atoms with van der Waals surface area (Å²) in [6, 6.07) is 16.9. The number of carbonyl (C=O) groups excluding carboxylic acids is 1. The molecular formula is C20H20FN3O. The monoisotopic (exact) mass is 337 g/mol. The van der Waals surface area contributed by atoms with Crippen molar-refractivity contribution in [3.05, 3.63) is 66.0 Å². The third-order valence-electron chi connectivity index (χ3n) is 5.19. The zero-order valence-corrected chi connectivity index (χ0v) is 13.9. The molecule has 2 heterocycles. The summed E-state index contributed by atoms with van der Waals surface area (Å²) >= 11 is 0. The molecule has 0 saturated carbocycles. The summed E-state index contributed by atoms with van der Waals surface area (Å²) in [6.45, 7) is 2.44. The second kappa shape index (κ2) is 6.41. The van der Waals surface area contributed by atoms with Crippen molar-refractivity contribution in [1.82, 2.24) is 4.90 Å². The largest absolute Gasteiger partial charge is 0.314 e. The van der Waals surface area contributed by atoms with Gasteiger partial charge in [0.2, 0.25) is 0 Å². The van der Waals surface area contributed by atoms with Gasteiger partial charge in [0.05, 0.1) is 5.69 Å². The molecule has 0 aromatic heterocycles. The summed E-state index contributed by atoms with van der Waals surface area (Å²) in [5.41, 5.74) is 0.946. The molecule has 1 saturated heterocycles. The smallest absolute Gasteiger partial charge is 0.273 e. The van der Waals surface area contributed by atoms with Gasteiger partial charge in [-0.25, -0.2) is 9.38 Å². The molecule has 4 rings (SSSR count). The van der Waals surface area contributed by atoms with E-state index >= 15 is 0 Å². The second-order valence-electron chi connectivity index (χ2n) is 6.66. The lowest BCUT2D eigenvalue weighted by Gasteiger charge is -2.43. The molecule has 5 heteroatoms. The van der Waals surface area contributed by atoms with Gasteiger partial charge >= 0.3 is 0 Å². The highest BCUT2D eigenvalue weighted by atomic mass is 19.1. The van der Waals surface area contributed by atoms with Crippen LogP contribution < -0.4 is 4.90 Å². The van der Waals surface area contributed by atoms with Crippen molar-refractivity contribution < 1.29 is 9.18 Å². The molecule has 1 fully saturated rings. The van der Waals surface area contributed by atoms with Crippen molar-refractivity contribution in [2.75, 3.05) is 18.0 Å². The van der Waals surface area contributed by atoms with Gasteiger partial charge in [0, 0.05) is 19.6 Å². The molecule has 4 nitrogen and oxygen atoms in total. The zero-order chi connectivity index (χ0) is 17.3. The second-order valence-corrected chi connectivity index (χ2v) is 6.66. The van der Waals surface area contributed by atoms with Crippen LogP contribution in [0.2, 0.25) is 0 Å². The fourth-order valence-electron chi connectivity index (χ4n) is 3.76. The summed E-state index contributed by atoms with van der Waals surface area (Å²) < 4.78 is 14.2. The summed E-state index contributed by atoms with van der Waals surface area (Å²) in [4.78, 5) is 20.6. The van der Waals surface area contributed by atoms with Gasteiger partial charge in [-0.3, -0.25) is 9.69 Å². The van der Waals surface area contributed by atoms with E-state index < -0.39 is 5.54 Å². The predicted molar refractivity (Wildman–Crippen MR) is 96.1 cm³/mol. The molecule has 2 aromatic carbocycles. The topological polar surface area (TPSA) is 35.9 Å². The Bertz CT molecular complexity index is 798. The lowest BCUT2D eigenvalue weighted by atomic mass is 9.85. The van der Waals surface area contributed by atoms with Gasteiger partial charge in [-0.2, -0.15) is 0 Å². The molecule has 0 N–H and O–H groups in total. The Labute approximate surface area is 146 Å². The number of benzene rings is 2. The number of carbonyl (C=O) groups is 1. The molecule has 2 aromatic rings. The number of hydrogen-bond acceptors (Lipinski definition) is 3. The van der Waals surface area contributed by atoms with E-state index in [-0.39, 0.29) is 11.7 Å². The Morgan fingerprint density at radius 2 is 1.68 bits per heavy atom. The zero-order valence-electron chi connectivity index (χ0n) is 13.9. The molecule has 0 bridgehead atoms. The number of amides is 1. The SMILES string of the molecule is O=C1N=CN(c2ccccc2F)C12CCN(Cc1ccccc1)CC2. The minimum Gasteiger partial charge on any atom is -0.314 e. The van der Waals surface area contributed by atoms with Gasteiger partial charge in [-0.15, -0.1) is 0 Å². The average Bonchev–Trinajstić information content (AvgIpc) is 2.95. The van der Waals surface area contributed by atoms with E-state index in [4.69, 9.17) is 0 Å². The van der Waals surface area contributed by atoms with E-state index in [0.29, 0.717) is 18.5 Å². The average molecular weight is 337 g/mol. The van der Waals surface area contributed by atoms with E-state index in [1.807, 2.05) is 18.2 Å². The first kappa shape index (κ1) is 16.0. The summed E-state index contributed by atoms with van der Waals surface area (Å²) in [5, 5.41) is 0. The minimum absolute atomic E-state index is 0.157. The number of likely N-dealkylation sites (tertiary alicyclic amines) is 1. The molecule has 1 amide bonds. The highest BCUT2D eigenvalue weighted by molar-refractivity contribution is 6.08. The van der Waals surface area contributed by atoms with Crippen molar-refractivity contribution in [3.63, 3.8) is 0 Å². The van der Waals surface area contributed by atoms with Crippen LogP contribution in [0.25, 0.3) is 0 Å². The van der Waals surface area contributed by atoms with Crippen LogP contribution in [0.3, 0.4) is 0 Å². The van der Waals surface area contributed by atoms with Crippen molar-refractivity contribution in [2.24, 2.45) is 4.99 Å². The third kappa shape index (κ3) is 2.85. The maximum absolute atomic E-state index is 14.2. The molecule has 2 aliphatic heterocycles. The molecule has 0 aliphatic carbocycles. The van der Waals surface area contributed by atoms with Crippen LogP contribution in [0.1, 0.15) is 18.4 Å². The van der Waals surface area contributed by atoms with E-state index in [1.54, 1.807) is 23.1 Å².